The SMILES string of the molecule is CN=C(NCCOCc1ccccc1)NCc1cc(OC)ccc1O.I. The van der Waals surface area contributed by atoms with Crippen LogP contribution in [0.1, 0.15) is 11.1 Å². The molecule has 2 rings (SSSR count). The van der Waals surface area contributed by atoms with E-state index in [2.05, 4.69) is 15.6 Å². The molecule has 7 heteroatoms. The number of methoxy groups -OCH3 is 1. The van der Waals surface area contributed by atoms with Gasteiger partial charge in [-0.05, 0) is 23.8 Å². The second-order valence-corrected chi connectivity index (χ2v) is 5.39. The predicted molar refractivity (Wildman–Crippen MR) is 114 cm³/mol. The normalized spacial score (nSPS) is 10.8. The first-order chi connectivity index (χ1) is 12.2. The van der Waals surface area contributed by atoms with Crippen molar-refractivity contribution < 1.29 is 14.6 Å². The average Bonchev–Trinajstić information content (AvgIpc) is 2.66. The molecule has 0 amide bonds. The van der Waals surface area contributed by atoms with Crippen molar-refractivity contribution in [1.29, 1.82) is 0 Å². The van der Waals surface area contributed by atoms with Crippen LogP contribution < -0.4 is 15.4 Å². The summed E-state index contributed by atoms with van der Waals surface area (Å²) in [6.45, 7) is 2.23. The summed E-state index contributed by atoms with van der Waals surface area (Å²) >= 11 is 0. The van der Waals surface area contributed by atoms with Crippen molar-refractivity contribution in [1.82, 2.24) is 10.6 Å². The van der Waals surface area contributed by atoms with Gasteiger partial charge in [0.15, 0.2) is 5.96 Å². The van der Waals surface area contributed by atoms with E-state index in [-0.39, 0.29) is 29.7 Å². The zero-order valence-corrected chi connectivity index (χ0v) is 17.4. The van der Waals surface area contributed by atoms with Gasteiger partial charge >= 0.3 is 0 Å². The van der Waals surface area contributed by atoms with E-state index in [1.807, 2.05) is 30.3 Å². The summed E-state index contributed by atoms with van der Waals surface area (Å²) in [5, 5.41) is 16.2. The number of ether oxygens (including phenoxy) is 2. The summed E-state index contributed by atoms with van der Waals surface area (Å²) in [6.07, 6.45) is 0. The molecule has 0 spiro atoms. The number of guanidine groups is 1. The molecule has 0 saturated heterocycles. The van der Waals surface area contributed by atoms with E-state index >= 15 is 0 Å². The molecule has 0 aromatic heterocycles. The molecular weight excluding hydrogens is 445 g/mol. The van der Waals surface area contributed by atoms with E-state index in [4.69, 9.17) is 9.47 Å². The fourth-order valence-electron chi connectivity index (χ4n) is 2.24. The fourth-order valence-corrected chi connectivity index (χ4v) is 2.24. The molecule has 0 radical (unpaired) electrons. The Balaban J connectivity index is 0.00000338. The van der Waals surface area contributed by atoms with Crippen LogP contribution in [0.15, 0.2) is 53.5 Å². The van der Waals surface area contributed by atoms with Crippen LogP contribution >= 0.6 is 24.0 Å². The van der Waals surface area contributed by atoms with Crippen molar-refractivity contribution in [3.63, 3.8) is 0 Å². The summed E-state index contributed by atoms with van der Waals surface area (Å²) in [5.74, 6) is 1.56. The Labute approximate surface area is 171 Å². The number of hydrogen-bond donors (Lipinski definition) is 3. The smallest absolute Gasteiger partial charge is 0.191 e. The number of phenols is 1. The molecule has 0 saturated carbocycles. The van der Waals surface area contributed by atoms with Crippen molar-refractivity contribution in [2.24, 2.45) is 4.99 Å². The van der Waals surface area contributed by atoms with Gasteiger partial charge in [-0.25, -0.2) is 0 Å². The highest BCUT2D eigenvalue weighted by Crippen LogP contribution is 2.22. The number of rotatable bonds is 8. The number of benzene rings is 2. The molecule has 0 fully saturated rings. The van der Waals surface area contributed by atoms with Crippen LogP contribution in [0.25, 0.3) is 0 Å². The van der Waals surface area contributed by atoms with Crippen molar-refractivity contribution in [2.45, 2.75) is 13.2 Å². The Morgan fingerprint density at radius 2 is 1.88 bits per heavy atom. The molecule has 26 heavy (non-hydrogen) atoms. The van der Waals surface area contributed by atoms with Crippen LogP contribution in [0.4, 0.5) is 0 Å². The van der Waals surface area contributed by atoms with Gasteiger partial charge in [0.1, 0.15) is 11.5 Å². The van der Waals surface area contributed by atoms with Crippen LogP contribution in [-0.4, -0.2) is 38.4 Å². The number of nitrogens with one attached hydrogen (secondary N) is 2. The van der Waals surface area contributed by atoms with Crippen LogP contribution in [0.2, 0.25) is 0 Å². The minimum Gasteiger partial charge on any atom is -0.508 e. The first-order valence-corrected chi connectivity index (χ1v) is 8.15. The highest BCUT2D eigenvalue weighted by Gasteiger charge is 2.05. The van der Waals surface area contributed by atoms with Gasteiger partial charge in [0, 0.05) is 25.7 Å². The average molecular weight is 471 g/mol. The number of aliphatic imine (C=N–C) groups is 1. The lowest BCUT2D eigenvalue weighted by atomic mass is 10.2. The highest BCUT2D eigenvalue weighted by atomic mass is 127. The van der Waals surface area contributed by atoms with Crippen molar-refractivity contribution in [3.8, 4) is 11.5 Å². The van der Waals surface area contributed by atoms with Gasteiger partial charge in [-0.15, -0.1) is 24.0 Å². The topological polar surface area (TPSA) is 75.1 Å². The second-order valence-electron chi connectivity index (χ2n) is 5.39. The summed E-state index contributed by atoms with van der Waals surface area (Å²) in [4.78, 5) is 4.16. The minimum absolute atomic E-state index is 0. The fraction of sp³-hybridized carbons (Fsp3) is 0.316. The van der Waals surface area contributed by atoms with Crippen LogP contribution in [-0.2, 0) is 17.9 Å². The standard InChI is InChI=1S/C19H25N3O3.HI/c1-20-19(21-10-11-25-14-15-6-4-3-5-7-15)22-13-16-12-17(24-2)8-9-18(16)23;/h3-9,12,23H,10-11,13-14H2,1-2H3,(H2,20,21,22);1H. The quantitative estimate of drug-likeness (QED) is 0.239. The van der Waals surface area contributed by atoms with Gasteiger partial charge in [-0.2, -0.15) is 0 Å². The van der Waals surface area contributed by atoms with Gasteiger partial charge in [0.2, 0.25) is 0 Å². The molecule has 0 bridgehead atoms. The third kappa shape index (κ3) is 7.49. The highest BCUT2D eigenvalue weighted by molar-refractivity contribution is 14.0. The molecule has 0 heterocycles. The maximum Gasteiger partial charge on any atom is 0.191 e. The molecule has 0 atom stereocenters. The molecule has 0 aliphatic rings. The Hall–Kier alpha value is -2.00. The Morgan fingerprint density at radius 3 is 2.58 bits per heavy atom. The van der Waals surface area contributed by atoms with Crippen molar-refractivity contribution >= 4 is 29.9 Å². The number of hydrogen-bond acceptors (Lipinski definition) is 4. The summed E-state index contributed by atoms with van der Waals surface area (Å²) < 4.78 is 10.8. The van der Waals surface area contributed by atoms with Crippen LogP contribution in [0.5, 0.6) is 11.5 Å². The molecule has 2 aromatic rings. The minimum atomic E-state index is 0. The summed E-state index contributed by atoms with van der Waals surface area (Å²) in [6, 6.07) is 15.2. The molecule has 3 N–H and O–H groups in total. The van der Waals surface area contributed by atoms with Crippen molar-refractivity contribution in [3.05, 3.63) is 59.7 Å². The number of nitrogens with zero attached hydrogens (tertiary/aromatic N) is 1. The number of phenolic OH excluding ortho intramolecular Hbond substituents is 1. The third-order valence-electron chi connectivity index (χ3n) is 3.61. The van der Waals surface area contributed by atoms with Crippen molar-refractivity contribution in [2.75, 3.05) is 27.3 Å². The summed E-state index contributed by atoms with van der Waals surface area (Å²) in [7, 11) is 3.30. The van der Waals surface area contributed by atoms with E-state index in [1.165, 1.54) is 0 Å². The molecule has 2 aromatic carbocycles. The van der Waals surface area contributed by atoms with E-state index in [9.17, 15) is 5.11 Å². The molecule has 0 aliphatic heterocycles. The van der Waals surface area contributed by atoms with E-state index in [0.717, 1.165) is 11.1 Å². The third-order valence-corrected chi connectivity index (χ3v) is 3.61. The summed E-state index contributed by atoms with van der Waals surface area (Å²) in [5.41, 5.74) is 1.89. The van der Waals surface area contributed by atoms with Gasteiger partial charge in [0.05, 0.1) is 20.3 Å². The zero-order valence-electron chi connectivity index (χ0n) is 15.1. The lowest BCUT2D eigenvalue weighted by molar-refractivity contribution is 0.125. The van der Waals surface area contributed by atoms with E-state index in [1.54, 1.807) is 32.4 Å². The Morgan fingerprint density at radius 1 is 1.12 bits per heavy atom. The first-order valence-electron chi connectivity index (χ1n) is 8.15. The lowest BCUT2D eigenvalue weighted by Crippen LogP contribution is -2.38. The maximum atomic E-state index is 9.89. The molecule has 0 aliphatic carbocycles. The monoisotopic (exact) mass is 471 g/mol. The van der Waals surface area contributed by atoms with Gasteiger partial charge in [-0.1, -0.05) is 30.3 Å². The maximum absolute atomic E-state index is 9.89. The lowest BCUT2D eigenvalue weighted by Gasteiger charge is -2.13. The Kier molecular flexibility index (Phi) is 10.5. The van der Waals surface area contributed by atoms with Gasteiger partial charge < -0.3 is 25.2 Å². The largest absolute Gasteiger partial charge is 0.508 e. The molecule has 0 unspecified atom stereocenters. The van der Waals surface area contributed by atoms with Gasteiger partial charge in [-0.3, -0.25) is 4.99 Å². The van der Waals surface area contributed by atoms with Crippen LogP contribution in [0, 0.1) is 0 Å². The second kappa shape index (κ2) is 12.4. The Bertz CT molecular complexity index is 681. The van der Waals surface area contributed by atoms with E-state index < -0.39 is 0 Å². The van der Waals surface area contributed by atoms with E-state index in [0.29, 0.717) is 38.0 Å². The molecule has 142 valence electrons. The number of halogens is 1. The number of aromatic hydroxyl groups is 1. The predicted octanol–water partition coefficient (Wildman–Crippen LogP) is 2.90. The first kappa shape index (κ1) is 22.0. The molecule has 6 nitrogen and oxygen atoms in total. The van der Waals surface area contributed by atoms with Crippen LogP contribution in [0.3, 0.4) is 0 Å². The zero-order chi connectivity index (χ0) is 17.9. The van der Waals surface area contributed by atoms with Gasteiger partial charge in [0.25, 0.3) is 0 Å². The molecular formula is C19H26IN3O3.